The number of hydrogen-bond donors (Lipinski definition) is 1. The number of hydrogen-bond acceptors (Lipinski definition) is 5. The molecule has 0 bridgehead atoms. The average Bonchev–Trinajstić information content (AvgIpc) is 3.13. The number of nitrogens with zero attached hydrogens (tertiary/aromatic N) is 2. The number of benzene rings is 2. The highest BCUT2D eigenvalue weighted by Gasteiger charge is 2.31. The summed E-state index contributed by atoms with van der Waals surface area (Å²) >= 11 is 0. The number of alkyl halides is 3. The first-order chi connectivity index (χ1) is 14.4. The van der Waals surface area contributed by atoms with Gasteiger partial charge in [0.05, 0.1) is 6.54 Å². The maximum Gasteiger partial charge on any atom is 0.573 e. The Balaban J connectivity index is 1.33. The summed E-state index contributed by atoms with van der Waals surface area (Å²) in [5.74, 6) is 0.217. The third kappa shape index (κ3) is 5.10. The van der Waals surface area contributed by atoms with E-state index in [9.17, 15) is 18.0 Å². The second-order valence-electron chi connectivity index (χ2n) is 7.21. The lowest BCUT2D eigenvalue weighted by Gasteiger charge is -2.30. The molecular weight excluding hydrogens is 399 g/mol. The van der Waals surface area contributed by atoms with E-state index in [0.717, 1.165) is 42.6 Å². The standard InChI is InChI=1S/C21H20F3N3O3/c22-21(23,24)30-16-9-7-15(8-10-16)25-19(28)13-27-11-3-4-14(12-27)20-26-17-5-1-2-6-18(17)29-20/h1-2,5-10,14H,3-4,11-13H2,(H,25,28). The minimum Gasteiger partial charge on any atom is -0.440 e. The average molecular weight is 419 g/mol. The van der Waals surface area contributed by atoms with Gasteiger partial charge in [-0.05, 0) is 55.8 Å². The summed E-state index contributed by atoms with van der Waals surface area (Å²) in [5, 5.41) is 2.70. The van der Waals surface area contributed by atoms with Crippen molar-refractivity contribution in [3.63, 3.8) is 0 Å². The van der Waals surface area contributed by atoms with Gasteiger partial charge in [0.15, 0.2) is 11.5 Å². The van der Waals surface area contributed by atoms with Gasteiger partial charge in [0, 0.05) is 18.2 Å². The van der Waals surface area contributed by atoms with Gasteiger partial charge in [-0.3, -0.25) is 9.69 Å². The molecule has 1 unspecified atom stereocenters. The third-order valence-corrected chi connectivity index (χ3v) is 4.90. The van der Waals surface area contributed by atoms with Crippen LogP contribution in [0.1, 0.15) is 24.7 Å². The fourth-order valence-corrected chi connectivity index (χ4v) is 3.61. The van der Waals surface area contributed by atoms with E-state index in [0.29, 0.717) is 18.1 Å². The molecule has 1 saturated heterocycles. The molecule has 1 fully saturated rings. The quantitative estimate of drug-likeness (QED) is 0.658. The van der Waals surface area contributed by atoms with Crippen molar-refractivity contribution in [3.05, 3.63) is 54.4 Å². The Hall–Kier alpha value is -3.07. The molecule has 158 valence electrons. The van der Waals surface area contributed by atoms with E-state index in [2.05, 4.69) is 15.0 Å². The fourth-order valence-electron chi connectivity index (χ4n) is 3.61. The predicted octanol–water partition coefficient (Wildman–Crippen LogP) is 4.54. The van der Waals surface area contributed by atoms with Crippen LogP contribution in [-0.2, 0) is 4.79 Å². The fraction of sp³-hybridized carbons (Fsp3) is 0.333. The van der Waals surface area contributed by atoms with Crippen LogP contribution in [0.3, 0.4) is 0 Å². The molecule has 0 saturated carbocycles. The Morgan fingerprint density at radius 2 is 1.97 bits per heavy atom. The number of nitrogens with one attached hydrogen (secondary N) is 1. The molecule has 1 N–H and O–H groups in total. The van der Waals surface area contributed by atoms with Crippen molar-refractivity contribution >= 4 is 22.7 Å². The lowest BCUT2D eigenvalue weighted by Crippen LogP contribution is -2.39. The van der Waals surface area contributed by atoms with Gasteiger partial charge < -0.3 is 14.5 Å². The van der Waals surface area contributed by atoms with E-state index >= 15 is 0 Å². The van der Waals surface area contributed by atoms with Crippen LogP contribution in [0, 0.1) is 0 Å². The highest BCUT2D eigenvalue weighted by Crippen LogP contribution is 2.29. The Labute approximate surface area is 170 Å². The lowest BCUT2D eigenvalue weighted by atomic mass is 9.98. The van der Waals surface area contributed by atoms with Crippen molar-refractivity contribution in [2.45, 2.75) is 25.1 Å². The number of oxazole rings is 1. The third-order valence-electron chi connectivity index (χ3n) is 4.90. The van der Waals surface area contributed by atoms with Gasteiger partial charge >= 0.3 is 6.36 Å². The molecule has 6 nitrogen and oxygen atoms in total. The van der Waals surface area contributed by atoms with Gasteiger partial charge in [-0.15, -0.1) is 13.2 Å². The molecule has 1 atom stereocenters. The van der Waals surface area contributed by atoms with Crippen molar-refractivity contribution in [2.75, 3.05) is 25.0 Å². The molecule has 0 radical (unpaired) electrons. The summed E-state index contributed by atoms with van der Waals surface area (Å²) in [6.45, 7) is 1.61. The monoisotopic (exact) mass is 419 g/mol. The summed E-state index contributed by atoms with van der Waals surface area (Å²) in [7, 11) is 0. The second-order valence-corrected chi connectivity index (χ2v) is 7.21. The number of rotatable bonds is 5. The van der Waals surface area contributed by atoms with E-state index in [4.69, 9.17) is 4.42 Å². The van der Waals surface area contributed by atoms with Crippen LogP contribution in [0.25, 0.3) is 11.1 Å². The van der Waals surface area contributed by atoms with Crippen molar-refractivity contribution in [2.24, 2.45) is 0 Å². The van der Waals surface area contributed by atoms with Crippen molar-refractivity contribution in [1.82, 2.24) is 9.88 Å². The van der Waals surface area contributed by atoms with Crippen LogP contribution in [0.4, 0.5) is 18.9 Å². The van der Waals surface area contributed by atoms with Gasteiger partial charge in [0.25, 0.3) is 0 Å². The van der Waals surface area contributed by atoms with E-state index in [1.54, 1.807) is 0 Å². The SMILES string of the molecule is O=C(CN1CCCC(c2nc3ccccc3o2)C1)Nc1ccc(OC(F)(F)F)cc1. The molecule has 3 aromatic rings. The second kappa shape index (κ2) is 8.35. The molecule has 4 rings (SSSR count). The number of carbonyl (C=O) groups excluding carboxylic acids is 1. The van der Waals surface area contributed by atoms with Gasteiger partial charge in [0.1, 0.15) is 11.3 Å². The number of aromatic nitrogens is 1. The summed E-state index contributed by atoms with van der Waals surface area (Å²) in [4.78, 5) is 19.0. The molecule has 9 heteroatoms. The summed E-state index contributed by atoms with van der Waals surface area (Å²) in [6, 6.07) is 12.7. The molecule has 2 aromatic carbocycles. The van der Waals surface area contributed by atoms with Crippen LogP contribution >= 0.6 is 0 Å². The number of ether oxygens (including phenoxy) is 1. The predicted molar refractivity (Wildman–Crippen MR) is 104 cm³/mol. The number of fused-ring (bicyclic) bond motifs is 1. The molecule has 0 aliphatic carbocycles. The number of amides is 1. The molecular formula is C21H20F3N3O3. The van der Waals surface area contributed by atoms with Crippen molar-refractivity contribution in [1.29, 1.82) is 0 Å². The first-order valence-electron chi connectivity index (χ1n) is 9.59. The van der Waals surface area contributed by atoms with E-state index < -0.39 is 6.36 Å². The van der Waals surface area contributed by atoms with Crippen molar-refractivity contribution < 1.29 is 27.1 Å². The number of likely N-dealkylation sites (tertiary alicyclic amines) is 1. The molecule has 1 aliphatic heterocycles. The van der Waals surface area contributed by atoms with Gasteiger partial charge in [-0.25, -0.2) is 4.98 Å². The zero-order chi connectivity index (χ0) is 21.1. The molecule has 0 spiro atoms. The first-order valence-corrected chi connectivity index (χ1v) is 9.59. The molecule has 1 aromatic heterocycles. The number of anilines is 1. The molecule has 1 amide bonds. The number of piperidine rings is 1. The van der Waals surface area contributed by atoms with Gasteiger partial charge in [0.2, 0.25) is 5.91 Å². The Bertz CT molecular complexity index is 985. The largest absolute Gasteiger partial charge is 0.573 e. The smallest absolute Gasteiger partial charge is 0.440 e. The van der Waals surface area contributed by atoms with Crippen LogP contribution in [-0.4, -0.2) is 41.8 Å². The minimum atomic E-state index is -4.75. The minimum absolute atomic E-state index is 0.109. The molecule has 30 heavy (non-hydrogen) atoms. The number of carbonyl (C=O) groups is 1. The molecule has 2 heterocycles. The van der Waals surface area contributed by atoms with Crippen LogP contribution in [0.15, 0.2) is 52.9 Å². The van der Waals surface area contributed by atoms with Crippen LogP contribution in [0.5, 0.6) is 5.75 Å². The van der Waals surface area contributed by atoms with E-state index in [1.165, 1.54) is 12.1 Å². The Kier molecular flexibility index (Phi) is 5.63. The maximum absolute atomic E-state index is 12.4. The Morgan fingerprint density at radius 3 is 2.70 bits per heavy atom. The topological polar surface area (TPSA) is 67.6 Å². The Morgan fingerprint density at radius 1 is 1.20 bits per heavy atom. The summed E-state index contributed by atoms with van der Waals surface area (Å²) in [5.41, 5.74) is 1.97. The maximum atomic E-state index is 12.4. The first kappa shape index (κ1) is 20.2. The zero-order valence-electron chi connectivity index (χ0n) is 16.0. The van der Waals surface area contributed by atoms with Crippen LogP contribution in [0.2, 0.25) is 0 Å². The summed E-state index contributed by atoms with van der Waals surface area (Å²) < 4.78 is 46.4. The zero-order valence-corrected chi connectivity index (χ0v) is 16.0. The van der Waals surface area contributed by atoms with Gasteiger partial charge in [-0.2, -0.15) is 0 Å². The number of para-hydroxylation sites is 2. The highest BCUT2D eigenvalue weighted by molar-refractivity contribution is 5.92. The van der Waals surface area contributed by atoms with E-state index in [1.807, 2.05) is 29.2 Å². The summed E-state index contributed by atoms with van der Waals surface area (Å²) in [6.07, 6.45) is -2.89. The highest BCUT2D eigenvalue weighted by atomic mass is 19.4. The van der Waals surface area contributed by atoms with Gasteiger partial charge in [-0.1, -0.05) is 12.1 Å². The van der Waals surface area contributed by atoms with E-state index in [-0.39, 0.29) is 24.1 Å². The lowest BCUT2D eigenvalue weighted by molar-refractivity contribution is -0.274. The van der Waals surface area contributed by atoms with Crippen molar-refractivity contribution in [3.8, 4) is 5.75 Å². The molecule has 1 aliphatic rings. The van der Waals surface area contributed by atoms with Crippen LogP contribution < -0.4 is 10.1 Å². The normalized spacial score (nSPS) is 17.8. The number of halogens is 3.